The average Bonchev–Trinajstić information content (AvgIpc) is 3.20. The van der Waals surface area contributed by atoms with E-state index in [1.807, 2.05) is 6.92 Å². The zero-order valence-corrected chi connectivity index (χ0v) is 18.1. The molecule has 3 aromatic rings. The molecule has 0 saturated carbocycles. The first-order valence-corrected chi connectivity index (χ1v) is 10.2. The molecule has 0 aliphatic carbocycles. The van der Waals surface area contributed by atoms with Crippen molar-refractivity contribution >= 4 is 39.9 Å². The fraction of sp³-hybridized carbons (Fsp3) is 0.182. The minimum Gasteiger partial charge on any atom is -0.496 e. The maximum Gasteiger partial charge on any atom is 0.325 e. The maximum absolute atomic E-state index is 13.2. The second-order valence-electron chi connectivity index (χ2n) is 6.64. The summed E-state index contributed by atoms with van der Waals surface area (Å²) in [6, 6.07) is 11.6. The van der Waals surface area contributed by atoms with E-state index in [0.717, 1.165) is 10.4 Å². The number of nitrogens with zero attached hydrogens (tertiary/aromatic N) is 1. The molecule has 0 unspecified atom stereocenters. The van der Waals surface area contributed by atoms with Gasteiger partial charge in [0.1, 0.15) is 5.75 Å². The van der Waals surface area contributed by atoms with Crippen LogP contribution in [0.25, 0.3) is 0 Å². The van der Waals surface area contributed by atoms with Gasteiger partial charge in [-0.25, -0.2) is 9.78 Å². The number of amides is 3. The molecule has 0 aliphatic rings. The third-order valence-corrected chi connectivity index (χ3v) is 5.32. The van der Waals surface area contributed by atoms with Crippen molar-refractivity contribution in [1.82, 2.24) is 10.3 Å². The first-order valence-electron chi connectivity index (χ1n) is 9.43. The van der Waals surface area contributed by atoms with Crippen molar-refractivity contribution in [2.45, 2.75) is 13.3 Å². The van der Waals surface area contributed by atoms with Crippen LogP contribution < -0.4 is 20.7 Å². The number of aromatic nitrogens is 1. The van der Waals surface area contributed by atoms with Crippen molar-refractivity contribution in [2.75, 3.05) is 24.8 Å². The molecule has 2 aromatic carbocycles. The van der Waals surface area contributed by atoms with Crippen LogP contribution in [0.1, 0.15) is 26.4 Å². The number of carbonyl (C=O) groups is 3. The monoisotopic (exact) mass is 438 g/mol. The second-order valence-corrected chi connectivity index (χ2v) is 7.75. The number of methoxy groups -OCH3 is 1. The number of benzene rings is 2. The molecule has 0 saturated heterocycles. The van der Waals surface area contributed by atoms with Gasteiger partial charge in [-0.05, 0) is 31.2 Å². The van der Waals surface area contributed by atoms with Crippen LogP contribution in [0.2, 0.25) is 0 Å². The van der Waals surface area contributed by atoms with Crippen LogP contribution in [-0.2, 0) is 11.2 Å². The summed E-state index contributed by atoms with van der Waals surface area (Å²) in [6.07, 6.45) is 1.73. The van der Waals surface area contributed by atoms with Crippen molar-refractivity contribution in [1.29, 1.82) is 0 Å². The topological polar surface area (TPSA) is 109 Å². The van der Waals surface area contributed by atoms with Gasteiger partial charge in [-0.3, -0.25) is 14.9 Å². The molecule has 8 nitrogen and oxygen atoms in total. The van der Waals surface area contributed by atoms with Crippen LogP contribution in [0.3, 0.4) is 0 Å². The van der Waals surface area contributed by atoms with E-state index < -0.39 is 6.03 Å². The minimum atomic E-state index is -0.543. The van der Waals surface area contributed by atoms with Crippen LogP contribution in [-0.4, -0.2) is 36.9 Å². The van der Waals surface area contributed by atoms with Crippen molar-refractivity contribution in [2.24, 2.45) is 0 Å². The van der Waals surface area contributed by atoms with E-state index in [2.05, 4.69) is 20.9 Å². The highest BCUT2D eigenvalue weighted by Gasteiger charge is 2.19. The van der Waals surface area contributed by atoms with E-state index in [9.17, 15) is 14.4 Å². The van der Waals surface area contributed by atoms with Gasteiger partial charge in [0.15, 0.2) is 10.9 Å². The van der Waals surface area contributed by atoms with Gasteiger partial charge in [0.25, 0.3) is 0 Å². The molecule has 31 heavy (non-hydrogen) atoms. The summed E-state index contributed by atoms with van der Waals surface area (Å²) in [4.78, 5) is 42.0. The Kier molecular flexibility index (Phi) is 6.99. The Bertz CT molecular complexity index is 1130. The van der Waals surface area contributed by atoms with Gasteiger partial charge in [-0.1, -0.05) is 23.8 Å². The second kappa shape index (κ2) is 9.86. The van der Waals surface area contributed by atoms with Crippen molar-refractivity contribution in [3.63, 3.8) is 0 Å². The molecule has 3 N–H and O–H groups in total. The van der Waals surface area contributed by atoms with Gasteiger partial charge < -0.3 is 15.4 Å². The lowest BCUT2D eigenvalue weighted by Gasteiger charge is -2.13. The molecule has 0 spiro atoms. The highest BCUT2D eigenvalue weighted by Crippen LogP contribution is 2.26. The molecule has 3 amide bonds. The van der Waals surface area contributed by atoms with E-state index >= 15 is 0 Å². The summed E-state index contributed by atoms with van der Waals surface area (Å²) in [5.41, 5.74) is 1.99. The Morgan fingerprint density at radius 3 is 2.58 bits per heavy atom. The number of anilines is 2. The summed E-state index contributed by atoms with van der Waals surface area (Å²) < 4.78 is 5.30. The molecule has 160 valence electrons. The van der Waals surface area contributed by atoms with E-state index in [-0.39, 0.29) is 18.1 Å². The summed E-state index contributed by atoms with van der Waals surface area (Å²) in [6.45, 7) is 1.87. The fourth-order valence-electron chi connectivity index (χ4n) is 2.88. The van der Waals surface area contributed by atoms with Crippen LogP contribution in [0.15, 0.2) is 48.7 Å². The number of carbonyl (C=O) groups excluding carboxylic acids is 3. The first-order chi connectivity index (χ1) is 14.9. The van der Waals surface area contributed by atoms with Crippen LogP contribution >= 0.6 is 11.3 Å². The Labute approximate surface area is 183 Å². The number of ketones is 1. The molecular weight excluding hydrogens is 416 g/mol. The lowest BCUT2D eigenvalue weighted by molar-refractivity contribution is -0.119. The number of aryl methyl sites for hydroxylation is 1. The summed E-state index contributed by atoms with van der Waals surface area (Å²) in [7, 11) is 3.06. The van der Waals surface area contributed by atoms with E-state index in [0.29, 0.717) is 27.7 Å². The van der Waals surface area contributed by atoms with Crippen LogP contribution in [0.4, 0.5) is 15.6 Å². The Balaban J connectivity index is 1.78. The molecule has 1 heterocycles. The van der Waals surface area contributed by atoms with Gasteiger partial charge in [0.2, 0.25) is 5.91 Å². The number of nitrogens with one attached hydrogen (secondary N) is 3. The average molecular weight is 439 g/mol. The Hall–Kier alpha value is -3.72. The van der Waals surface area contributed by atoms with Gasteiger partial charge in [-0.2, -0.15) is 0 Å². The smallest absolute Gasteiger partial charge is 0.325 e. The standard InChI is InChI=1S/C22H22N4O4S/c1-13-8-9-17(16(10-13)20(28)15-6-4-5-7-18(15)30-3)25-21(29)26-22-24-12-14(31-22)11-19(27)23-2/h4-10,12H,11H2,1-3H3,(H,23,27)(H2,24,25,26,29). The van der Waals surface area contributed by atoms with E-state index in [4.69, 9.17) is 4.74 Å². The third-order valence-electron chi connectivity index (χ3n) is 4.41. The summed E-state index contributed by atoms with van der Waals surface area (Å²) in [5, 5.41) is 8.23. The molecule has 0 radical (unpaired) electrons. The molecule has 9 heteroatoms. The van der Waals surface area contributed by atoms with Crippen molar-refractivity contribution < 1.29 is 19.1 Å². The molecule has 3 rings (SSSR count). The number of likely N-dealkylation sites (N-methyl/N-ethyl adjacent to an activating group) is 1. The zero-order valence-electron chi connectivity index (χ0n) is 17.3. The van der Waals surface area contributed by atoms with Gasteiger partial charge in [0.05, 0.1) is 24.8 Å². The quantitative estimate of drug-likeness (QED) is 0.488. The number of ether oxygens (including phenoxy) is 1. The summed E-state index contributed by atoms with van der Waals surface area (Å²) >= 11 is 1.20. The Morgan fingerprint density at radius 1 is 1.06 bits per heavy atom. The normalized spacial score (nSPS) is 10.3. The third kappa shape index (κ3) is 5.46. The van der Waals surface area contributed by atoms with Crippen molar-refractivity contribution in [3.8, 4) is 5.75 Å². The maximum atomic E-state index is 13.2. The molecule has 0 fully saturated rings. The number of rotatable bonds is 7. The van der Waals surface area contributed by atoms with Gasteiger partial charge >= 0.3 is 6.03 Å². The van der Waals surface area contributed by atoms with Gasteiger partial charge in [0, 0.05) is 23.7 Å². The largest absolute Gasteiger partial charge is 0.496 e. The highest BCUT2D eigenvalue weighted by atomic mass is 32.1. The van der Waals surface area contributed by atoms with Crippen LogP contribution in [0, 0.1) is 6.92 Å². The number of thiazole rings is 1. The van der Waals surface area contributed by atoms with Crippen LogP contribution in [0.5, 0.6) is 5.75 Å². The van der Waals surface area contributed by atoms with Crippen molar-refractivity contribution in [3.05, 3.63) is 70.2 Å². The van der Waals surface area contributed by atoms with E-state index in [1.165, 1.54) is 24.6 Å². The number of para-hydroxylation sites is 1. The lowest BCUT2D eigenvalue weighted by Crippen LogP contribution is -2.21. The predicted molar refractivity (Wildman–Crippen MR) is 120 cm³/mol. The zero-order chi connectivity index (χ0) is 22.4. The fourth-order valence-corrected chi connectivity index (χ4v) is 3.68. The van der Waals surface area contributed by atoms with E-state index in [1.54, 1.807) is 49.5 Å². The Morgan fingerprint density at radius 2 is 1.84 bits per heavy atom. The SMILES string of the molecule is CNC(=O)Cc1cnc(NC(=O)Nc2ccc(C)cc2C(=O)c2ccccc2OC)s1. The molecule has 0 aliphatic heterocycles. The number of urea groups is 1. The predicted octanol–water partition coefficient (Wildman–Crippen LogP) is 3.62. The minimum absolute atomic E-state index is 0.140. The molecular formula is C22H22N4O4S. The molecule has 0 bridgehead atoms. The first kappa shape index (κ1) is 22.0. The summed E-state index contributed by atoms with van der Waals surface area (Å²) in [5.74, 6) is 0.0493. The number of hydrogen-bond donors (Lipinski definition) is 3. The molecule has 1 aromatic heterocycles. The van der Waals surface area contributed by atoms with Gasteiger partial charge in [-0.15, -0.1) is 11.3 Å². The lowest BCUT2D eigenvalue weighted by atomic mass is 9.99. The molecule has 0 atom stereocenters. The highest BCUT2D eigenvalue weighted by molar-refractivity contribution is 7.15. The number of hydrogen-bond acceptors (Lipinski definition) is 6.